The van der Waals surface area contributed by atoms with Gasteiger partial charge in [-0.2, -0.15) is 10.5 Å². The Morgan fingerprint density at radius 1 is 0.920 bits per heavy atom. The largest absolute Gasteiger partial charge is 0.383 e. The smallest absolute Gasteiger partial charge is 0.142 e. The minimum absolute atomic E-state index is 0.0929. The third-order valence-corrected chi connectivity index (χ3v) is 4.33. The third-order valence-electron chi connectivity index (χ3n) is 3.70. The third kappa shape index (κ3) is 3.14. The van der Waals surface area contributed by atoms with Crippen molar-refractivity contribution in [2.24, 2.45) is 0 Å². The van der Waals surface area contributed by atoms with E-state index in [4.69, 9.17) is 34.2 Å². The van der Waals surface area contributed by atoms with Gasteiger partial charge in [-0.25, -0.2) is 4.98 Å². The quantitative estimate of drug-likeness (QED) is 0.689. The van der Waals surface area contributed by atoms with Crippen LogP contribution in [0.3, 0.4) is 0 Å². The van der Waals surface area contributed by atoms with Gasteiger partial charge in [-0.3, -0.25) is 0 Å². The molecule has 0 radical (unpaired) electrons. The number of anilines is 1. The molecule has 25 heavy (non-hydrogen) atoms. The van der Waals surface area contributed by atoms with E-state index in [0.29, 0.717) is 32.4 Å². The van der Waals surface area contributed by atoms with E-state index in [2.05, 4.69) is 17.1 Å². The number of aromatic nitrogens is 1. The van der Waals surface area contributed by atoms with Gasteiger partial charge in [0.1, 0.15) is 17.5 Å². The molecule has 0 bridgehead atoms. The van der Waals surface area contributed by atoms with Crippen molar-refractivity contribution in [3.05, 3.63) is 69.7 Å². The number of nitrogen functional groups attached to an aromatic ring is 1. The van der Waals surface area contributed by atoms with E-state index in [1.165, 1.54) is 0 Å². The van der Waals surface area contributed by atoms with Crippen LogP contribution in [-0.4, -0.2) is 4.98 Å². The van der Waals surface area contributed by atoms with Gasteiger partial charge in [-0.05, 0) is 30.3 Å². The van der Waals surface area contributed by atoms with E-state index < -0.39 is 0 Å². The van der Waals surface area contributed by atoms with E-state index >= 15 is 0 Å². The lowest BCUT2D eigenvalue weighted by Crippen LogP contribution is -2.00. The van der Waals surface area contributed by atoms with Crippen LogP contribution in [0.15, 0.2) is 48.5 Å². The van der Waals surface area contributed by atoms with Crippen LogP contribution in [0.25, 0.3) is 22.4 Å². The van der Waals surface area contributed by atoms with Crippen molar-refractivity contribution < 1.29 is 0 Å². The molecule has 120 valence electrons. The molecule has 0 amide bonds. The van der Waals surface area contributed by atoms with E-state index in [9.17, 15) is 5.26 Å². The number of hydrogen-bond acceptors (Lipinski definition) is 4. The zero-order valence-corrected chi connectivity index (χ0v) is 14.3. The Morgan fingerprint density at radius 2 is 1.56 bits per heavy atom. The summed E-state index contributed by atoms with van der Waals surface area (Å²) in [5.74, 6) is 0.0929. The Labute approximate surface area is 154 Å². The maximum atomic E-state index is 9.48. The Balaban J connectivity index is 2.27. The Kier molecular flexibility index (Phi) is 4.59. The van der Waals surface area contributed by atoms with Gasteiger partial charge < -0.3 is 5.73 Å². The summed E-state index contributed by atoms with van der Waals surface area (Å²) in [5, 5.41) is 19.2. The van der Waals surface area contributed by atoms with Gasteiger partial charge in [-0.15, -0.1) is 0 Å². The lowest BCUT2D eigenvalue weighted by Gasteiger charge is -2.13. The van der Waals surface area contributed by atoms with E-state index in [1.54, 1.807) is 48.5 Å². The molecular weight excluding hydrogens is 355 g/mol. The molecule has 2 N–H and O–H groups in total. The first kappa shape index (κ1) is 16.8. The zero-order valence-electron chi connectivity index (χ0n) is 12.8. The molecular formula is C19H10Cl2N4. The first-order valence-corrected chi connectivity index (χ1v) is 7.96. The second-order valence-electron chi connectivity index (χ2n) is 5.21. The SMILES string of the molecule is N#Cc1ccc(-c2cc(-c3c(Cl)cccc3Cl)c(C#N)c(N)n2)cc1. The van der Waals surface area contributed by atoms with Crippen LogP contribution >= 0.6 is 23.2 Å². The summed E-state index contributed by atoms with van der Waals surface area (Å²) >= 11 is 12.6. The van der Waals surface area contributed by atoms with Crippen LogP contribution in [0, 0.1) is 22.7 Å². The van der Waals surface area contributed by atoms with Gasteiger partial charge in [0.05, 0.1) is 17.3 Å². The summed E-state index contributed by atoms with van der Waals surface area (Å²) in [4.78, 5) is 4.30. The summed E-state index contributed by atoms with van der Waals surface area (Å²) in [7, 11) is 0. The van der Waals surface area contributed by atoms with Crippen molar-refractivity contribution in [3.63, 3.8) is 0 Å². The molecule has 0 saturated heterocycles. The minimum Gasteiger partial charge on any atom is -0.383 e. The van der Waals surface area contributed by atoms with E-state index in [0.717, 1.165) is 5.56 Å². The number of benzene rings is 2. The molecule has 1 heterocycles. The molecule has 0 fully saturated rings. The molecule has 0 aliphatic rings. The first-order valence-electron chi connectivity index (χ1n) is 7.20. The number of rotatable bonds is 2. The zero-order chi connectivity index (χ0) is 18.0. The summed E-state index contributed by atoms with van der Waals surface area (Å²) in [6.07, 6.45) is 0. The fourth-order valence-corrected chi connectivity index (χ4v) is 3.10. The van der Waals surface area contributed by atoms with Gasteiger partial charge in [0.25, 0.3) is 0 Å². The maximum absolute atomic E-state index is 9.48. The summed E-state index contributed by atoms with van der Waals surface area (Å²) in [6.45, 7) is 0. The molecule has 0 saturated carbocycles. The molecule has 2 aromatic carbocycles. The van der Waals surface area contributed by atoms with Crippen molar-refractivity contribution in [1.82, 2.24) is 4.98 Å². The highest BCUT2D eigenvalue weighted by atomic mass is 35.5. The van der Waals surface area contributed by atoms with Crippen molar-refractivity contribution in [3.8, 4) is 34.5 Å². The van der Waals surface area contributed by atoms with Crippen LogP contribution in [-0.2, 0) is 0 Å². The highest BCUT2D eigenvalue weighted by Gasteiger charge is 2.17. The topological polar surface area (TPSA) is 86.5 Å². The lowest BCUT2D eigenvalue weighted by atomic mass is 9.98. The fraction of sp³-hybridized carbons (Fsp3) is 0. The Bertz CT molecular complexity index is 1020. The van der Waals surface area contributed by atoms with E-state index in [1.807, 2.05) is 0 Å². The molecule has 0 spiro atoms. The number of hydrogen-bond donors (Lipinski definition) is 1. The maximum Gasteiger partial charge on any atom is 0.142 e. The lowest BCUT2D eigenvalue weighted by molar-refractivity contribution is 1.31. The number of nitriles is 2. The second kappa shape index (κ2) is 6.83. The minimum atomic E-state index is 0.0929. The number of pyridine rings is 1. The van der Waals surface area contributed by atoms with Gasteiger partial charge in [0.15, 0.2) is 0 Å². The number of nitrogens with zero attached hydrogens (tertiary/aromatic N) is 3. The standard InChI is InChI=1S/C19H10Cl2N4/c20-15-2-1-3-16(21)18(15)13-8-17(25-19(24)14(13)10-23)12-6-4-11(9-22)5-7-12/h1-8H,(H2,24,25). The van der Waals surface area contributed by atoms with Crippen LogP contribution in [0.4, 0.5) is 5.82 Å². The highest BCUT2D eigenvalue weighted by Crippen LogP contribution is 2.39. The normalized spacial score (nSPS) is 10.1. The van der Waals surface area contributed by atoms with Crippen LogP contribution in [0.1, 0.15) is 11.1 Å². The predicted octanol–water partition coefficient (Wildman–Crippen LogP) is 5.05. The average Bonchev–Trinajstić information content (AvgIpc) is 2.61. The molecule has 4 nitrogen and oxygen atoms in total. The van der Waals surface area contributed by atoms with Crippen molar-refractivity contribution >= 4 is 29.0 Å². The predicted molar refractivity (Wildman–Crippen MR) is 99.0 cm³/mol. The number of halogens is 2. The molecule has 0 aliphatic carbocycles. The molecule has 1 aromatic heterocycles. The molecule has 0 atom stereocenters. The summed E-state index contributed by atoms with van der Waals surface area (Å²) in [6, 6.07) is 17.9. The molecule has 3 rings (SSSR count). The number of nitrogens with two attached hydrogens (primary N) is 1. The highest BCUT2D eigenvalue weighted by molar-refractivity contribution is 6.39. The molecule has 0 aliphatic heterocycles. The molecule has 6 heteroatoms. The van der Waals surface area contributed by atoms with Crippen molar-refractivity contribution in [2.45, 2.75) is 0 Å². The summed E-state index contributed by atoms with van der Waals surface area (Å²) in [5.41, 5.74) is 9.13. The monoisotopic (exact) mass is 364 g/mol. The second-order valence-corrected chi connectivity index (χ2v) is 6.03. The van der Waals surface area contributed by atoms with Crippen molar-refractivity contribution in [1.29, 1.82) is 10.5 Å². The fourth-order valence-electron chi connectivity index (χ4n) is 2.50. The van der Waals surface area contributed by atoms with Gasteiger partial charge >= 0.3 is 0 Å². The van der Waals surface area contributed by atoms with Crippen LogP contribution in [0.5, 0.6) is 0 Å². The van der Waals surface area contributed by atoms with Crippen LogP contribution < -0.4 is 5.73 Å². The van der Waals surface area contributed by atoms with Gasteiger partial charge in [0, 0.05) is 26.7 Å². The van der Waals surface area contributed by atoms with E-state index in [-0.39, 0.29) is 11.4 Å². The van der Waals surface area contributed by atoms with Gasteiger partial charge in [-0.1, -0.05) is 41.4 Å². The average molecular weight is 365 g/mol. The Morgan fingerprint density at radius 3 is 2.12 bits per heavy atom. The Hall–Kier alpha value is -3.05. The first-order chi connectivity index (χ1) is 12.0. The van der Waals surface area contributed by atoms with Gasteiger partial charge in [0.2, 0.25) is 0 Å². The molecule has 0 unspecified atom stereocenters. The summed E-state index contributed by atoms with van der Waals surface area (Å²) < 4.78 is 0. The molecule has 3 aromatic rings. The van der Waals surface area contributed by atoms with Crippen molar-refractivity contribution in [2.75, 3.05) is 5.73 Å². The van der Waals surface area contributed by atoms with Crippen LogP contribution in [0.2, 0.25) is 10.0 Å².